The Hall–Kier alpha value is -5.32. The van der Waals surface area contributed by atoms with E-state index in [9.17, 15) is 32.3 Å². The topological polar surface area (TPSA) is 131 Å². The number of imidazole rings is 1. The smallest absolute Gasteiger partial charge is 0.395 e. The van der Waals surface area contributed by atoms with Gasteiger partial charge < -0.3 is 14.4 Å². The van der Waals surface area contributed by atoms with Gasteiger partial charge in [0.2, 0.25) is 11.8 Å². The summed E-state index contributed by atoms with van der Waals surface area (Å²) < 4.78 is 57.4. The number of hydrogen-bond acceptors (Lipinski definition) is 9. The molecule has 2 unspecified atom stereocenters. The summed E-state index contributed by atoms with van der Waals surface area (Å²) in [6.45, 7) is 11.7. The lowest BCUT2D eigenvalue weighted by atomic mass is 9.67. The van der Waals surface area contributed by atoms with Gasteiger partial charge in [0.05, 0.1) is 23.6 Å². The van der Waals surface area contributed by atoms with Crippen molar-refractivity contribution in [2.24, 2.45) is 18.4 Å². The number of amides is 3. The summed E-state index contributed by atoms with van der Waals surface area (Å²) in [6.07, 6.45) is 3.49. The van der Waals surface area contributed by atoms with Gasteiger partial charge in [-0.3, -0.25) is 38.6 Å². The molecular weight excluding hydrogens is 876 g/mol. The number of aromatic nitrogens is 3. The molecule has 5 heterocycles. The molecule has 0 saturated carbocycles. The molecule has 2 aromatic heterocycles. The maximum atomic E-state index is 14.4. The van der Waals surface area contributed by atoms with Gasteiger partial charge in [0.25, 0.3) is 5.91 Å². The number of ether oxygens (including phenoxy) is 2. The molecule has 2 aromatic carbocycles. The average Bonchev–Trinajstić information content (AvgIpc) is 3.55. The highest BCUT2D eigenvalue weighted by Gasteiger charge is 2.49. The number of piperidine rings is 1. The van der Waals surface area contributed by atoms with Gasteiger partial charge in [-0.1, -0.05) is 42.5 Å². The van der Waals surface area contributed by atoms with E-state index in [0.717, 1.165) is 74.2 Å². The number of methoxy groups -OCH3 is 1. The Kier molecular flexibility index (Phi) is 14.1. The van der Waals surface area contributed by atoms with Crippen molar-refractivity contribution in [3.8, 4) is 5.75 Å². The van der Waals surface area contributed by atoms with Crippen LogP contribution in [-0.2, 0) is 33.3 Å². The first kappa shape index (κ1) is 49.1. The number of hydrogen-bond donors (Lipinski definition) is 1. The van der Waals surface area contributed by atoms with Crippen molar-refractivity contribution >= 4 is 34.5 Å². The van der Waals surface area contributed by atoms with Crippen LogP contribution in [0, 0.1) is 11.3 Å². The number of nitrogens with zero attached hydrogens (tertiary/aromatic N) is 6. The maximum absolute atomic E-state index is 14.4. The highest BCUT2D eigenvalue weighted by atomic mass is 19.4. The second kappa shape index (κ2) is 19.6. The summed E-state index contributed by atoms with van der Waals surface area (Å²) in [6, 6.07) is 18.9. The van der Waals surface area contributed by atoms with Gasteiger partial charge in [0.1, 0.15) is 17.5 Å². The number of alkyl halides is 3. The quantitative estimate of drug-likeness (QED) is 0.127. The molecule has 3 amide bonds. The largest absolute Gasteiger partial charge is 0.497 e. The molecule has 1 aliphatic carbocycles. The van der Waals surface area contributed by atoms with Crippen LogP contribution in [0.1, 0.15) is 112 Å². The molecule has 0 bridgehead atoms. The van der Waals surface area contributed by atoms with Crippen LogP contribution >= 0.6 is 0 Å². The molecule has 3 aliphatic heterocycles. The molecule has 8 rings (SSSR count). The highest BCUT2D eigenvalue weighted by molar-refractivity contribution is 6.00. The lowest BCUT2D eigenvalue weighted by Gasteiger charge is -2.46. The van der Waals surface area contributed by atoms with Crippen molar-refractivity contribution < 1.29 is 37.0 Å². The van der Waals surface area contributed by atoms with Gasteiger partial charge in [0, 0.05) is 71.3 Å². The van der Waals surface area contributed by atoms with Crippen LogP contribution in [0.25, 0.3) is 16.7 Å². The molecule has 4 aromatic rings. The van der Waals surface area contributed by atoms with E-state index in [2.05, 4.69) is 71.5 Å². The third kappa shape index (κ3) is 10.6. The van der Waals surface area contributed by atoms with Gasteiger partial charge in [-0.25, -0.2) is 9.78 Å². The number of benzene rings is 2. The molecule has 0 spiro atoms. The summed E-state index contributed by atoms with van der Waals surface area (Å²) in [5.74, 6) is 0.147. The third-order valence-corrected chi connectivity index (χ3v) is 14.9. The van der Waals surface area contributed by atoms with Crippen molar-refractivity contribution in [2.75, 3.05) is 59.5 Å². The van der Waals surface area contributed by atoms with E-state index in [1.807, 2.05) is 17.0 Å². The molecule has 3 atom stereocenters. The summed E-state index contributed by atoms with van der Waals surface area (Å²) >= 11 is 0. The number of allylic oxidation sites excluding steroid dienone is 2. The number of halogens is 3. The van der Waals surface area contributed by atoms with Crippen LogP contribution in [0.4, 0.5) is 13.2 Å². The van der Waals surface area contributed by atoms with E-state index in [0.29, 0.717) is 56.3 Å². The number of piperazine rings is 1. The molecule has 13 nitrogen and oxygen atoms in total. The number of pyridine rings is 1. The molecule has 0 radical (unpaired) electrons. The van der Waals surface area contributed by atoms with Crippen molar-refractivity contribution in [1.82, 2.24) is 34.1 Å². The average molecular weight is 942 g/mol. The van der Waals surface area contributed by atoms with E-state index in [-0.39, 0.29) is 47.9 Å². The zero-order valence-electron chi connectivity index (χ0n) is 40.3. The molecule has 3 saturated heterocycles. The minimum absolute atomic E-state index is 0.115. The number of imide groups is 1. The SMILES string of the molecule is COc1ccc([C@]2(CCN(Cc3ccc(C4=CCC(CN5CCN(C(=O)c6ccc7c(n6)n(C)c(=O)n7C6CCC(=O)NC6=O)CC5)CC4)cc3)CC(C)(C)C(F)(F)F)CCOC(C)(C)C2)cc1. The summed E-state index contributed by atoms with van der Waals surface area (Å²) in [7, 11) is 3.20. The lowest BCUT2D eigenvalue weighted by molar-refractivity contribution is -0.217. The number of carbonyl (C=O) groups is 3. The third-order valence-electron chi connectivity index (χ3n) is 14.9. The lowest BCUT2D eigenvalue weighted by Crippen LogP contribution is -2.50. The van der Waals surface area contributed by atoms with Crippen molar-refractivity contribution in [3.05, 3.63) is 99.6 Å². The molecule has 1 N–H and O–H groups in total. The monoisotopic (exact) mass is 942 g/mol. The zero-order valence-corrected chi connectivity index (χ0v) is 40.3. The van der Waals surface area contributed by atoms with Crippen LogP contribution in [-0.4, -0.2) is 118 Å². The van der Waals surface area contributed by atoms with Crippen LogP contribution < -0.4 is 15.7 Å². The molecular formula is C52H66F3N7O6. The number of aryl methyl sites for hydroxylation is 1. The fourth-order valence-corrected chi connectivity index (χ4v) is 10.9. The molecule has 366 valence electrons. The predicted octanol–water partition coefficient (Wildman–Crippen LogP) is 7.67. The minimum Gasteiger partial charge on any atom is -0.497 e. The first-order valence-electron chi connectivity index (χ1n) is 24.0. The predicted molar refractivity (Wildman–Crippen MR) is 254 cm³/mol. The van der Waals surface area contributed by atoms with Gasteiger partial charge in [-0.15, -0.1) is 0 Å². The normalized spacial score (nSPS) is 22.9. The zero-order chi connectivity index (χ0) is 48.6. The van der Waals surface area contributed by atoms with E-state index in [1.165, 1.54) is 28.6 Å². The van der Waals surface area contributed by atoms with Gasteiger partial charge in [0.15, 0.2) is 5.65 Å². The maximum Gasteiger partial charge on any atom is 0.395 e. The first-order chi connectivity index (χ1) is 32.2. The van der Waals surface area contributed by atoms with E-state index < -0.39 is 29.2 Å². The van der Waals surface area contributed by atoms with Crippen LogP contribution in [0.5, 0.6) is 5.75 Å². The Labute approximate surface area is 396 Å². The molecule has 3 fully saturated rings. The van der Waals surface area contributed by atoms with Crippen molar-refractivity contribution in [3.63, 3.8) is 0 Å². The van der Waals surface area contributed by atoms with E-state index >= 15 is 0 Å². The van der Waals surface area contributed by atoms with Crippen LogP contribution in [0.15, 0.2) is 71.5 Å². The van der Waals surface area contributed by atoms with Crippen molar-refractivity contribution in [1.29, 1.82) is 0 Å². The van der Waals surface area contributed by atoms with E-state index in [1.54, 1.807) is 31.2 Å². The fourth-order valence-electron chi connectivity index (χ4n) is 10.9. The van der Waals surface area contributed by atoms with Gasteiger partial charge >= 0.3 is 11.9 Å². The Balaban J connectivity index is 0.860. The van der Waals surface area contributed by atoms with Crippen LogP contribution in [0.3, 0.4) is 0 Å². The van der Waals surface area contributed by atoms with Crippen LogP contribution in [0.2, 0.25) is 0 Å². The standard InChI is InChI=1S/C52H66F3N7O6/c1-49(2,52(53,54)55)34-60(25-23-51(24-30-68-50(3,4)33-51)39-15-17-40(67-6)18-16-39)32-36-9-13-38(14-10-36)37-11-7-35(8-12-37)31-59-26-28-61(29-27-59)47(65)41-19-20-42-45(56-41)58(5)48(66)62(42)43-21-22-44(63)57-46(43)64/h9-11,13-20,35,43H,7-8,12,21-34H2,1-6H3,(H,57,63,64)/t35?,43?,51-/m1/s1. The Morgan fingerprint density at radius 3 is 2.31 bits per heavy atom. The van der Waals surface area contributed by atoms with Gasteiger partial charge in [-0.2, -0.15) is 13.2 Å². The van der Waals surface area contributed by atoms with E-state index in [4.69, 9.17) is 9.47 Å². The van der Waals surface area contributed by atoms with Gasteiger partial charge in [-0.05, 0) is 132 Å². The number of carbonyl (C=O) groups excluding carboxylic acids is 3. The number of fused-ring (bicyclic) bond motifs is 1. The molecule has 4 aliphatic rings. The molecule has 68 heavy (non-hydrogen) atoms. The fraction of sp³-hybridized carbons (Fsp3) is 0.558. The Morgan fingerprint density at radius 1 is 0.956 bits per heavy atom. The second-order valence-electron chi connectivity index (χ2n) is 20.8. The summed E-state index contributed by atoms with van der Waals surface area (Å²) in [5.41, 5.74) is 2.60. The highest BCUT2D eigenvalue weighted by Crippen LogP contribution is 2.45. The molecule has 16 heteroatoms. The summed E-state index contributed by atoms with van der Waals surface area (Å²) in [4.78, 5) is 61.9. The second-order valence-corrected chi connectivity index (χ2v) is 20.8. The minimum atomic E-state index is -4.35. The van der Waals surface area contributed by atoms with Crippen molar-refractivity contribution in [2.45, 2.75) is 109 Å². The first-order valence-corrected chi connectivity index (χ1v) is 24.0. The summed E-state index contributed by atoms with van der Waals surface area (Å²) in [5, 5.41) is 2.31. The number of rotatable bonds is 14. The Morgan fingerprint density at radius 2 is 1.68 bits per heavy atom. The Bertz CT molecular complexity index is 2580. The number of nitrogens with one attached hydrogen (secondary N) is 1.